The first-order valence-corrected chi connectivity index (χ1v) is 7.41. The molecule has 0 bridgehead atoms. The lowest BCUT2D eigenvalue weighted by Gasteiger charge is -2.39. The molecule has 5 nitrogen and oxygen atoms in total. The van der Waals surface area contributed by atoms with E-state index in [0.29, 0.717) is 6.04 Å². The van der Waals surface area contributed by atoms with Gasteiger partial charge in [-0.3, -0.25) is 4.98 Å². The second-order valence-corrected chi connectivity index (χ2v) is 5.87. The topological polar surface area (TPSA) is 47.5 Å². The van der Waals surface area contributed by atoms with E-state index in [1.54, 1.807) is 0 Å². The Hall–Kier alpha value is -1.20. The molecule has 5 heteroatoms. The first-order valence-electron chi connectivity index (χ1n) is 7.41. The maximum Gasteiger partial charge on any atom is 0.168 e. The second-order valence-electron chi connectivity index (χ2n) is 5.87. The summed E-state index contributed by atoms with van der Waals surface area (Å²) in [6, 6.07) is 0.489. The molecule has 2 fully saturated rings. The van der Waals surface area contributed by atoms with Gasteiger partial charge in [0.2, 0.25) is 0 Å². The van der Waals surface area contributed by atoms with E-state index < -0.39 is 0 Å². The molecule has 0 aromatic carbocycles. The number of anilines is 1. The Morgan fingerprint density at radius 1 is 1.20 bits per heavy atom. The lowest BCUT2D eigenvalue weighted by Crippen LogP contribution is -2.43. The highest BCUT2D eigenvalue weighted by atomic mass is 16.7. The molecule has 1 spiro atoms. The molecule has 1 aromatic rings. The Morgan fingerprint density at radius 2 is 1.85 bits per heavy atom. The standard InChI is InChI=1S/C15H23N3O2/c1-11-10-16-12(2)14(17-11)18(3)13-4-6-15(7-5-13)19-8-9-20-15/h10,13H,4-9H2,1-3H3. The van der Waals surface area contributed by atoms with Gasteiger partial charge in [0.05, 0.1) is 24.6 Å². The molecule has 0 unspecified atom stereocenters. The summed E-state index contributed by atoms with van der Waals surface area (Å²) >= 11 is 0. The number of rotatable bonds is 2. The third-order valence-corrected chi connectivity index (χ3v) is 4.46. The third-order valence-electron chi connectivity index (χ3n) is 4.46. The maximum atomic E-state index is 5.79. The summed E-state index contributed by atoms with van der Waals surface area (Å²) in [5, 5.41) is 0. The van der Waals surface area contributed by atoms with Crippen molar-refractivity contribution in [2.75, 3.05) is 25.2 Å². The van der Waals surface area contributed by atoms with Gasteiger partial charge in [-0.1, -0.05) is 0 Å². The van der Waals surface area contributed by atoms with Crippen LogP contribution in [0.2, 0.25) is 0 Å². The average molecular weight is 277 g/mol. The molecule has 110 valence electrons. The van der Waals surface area contributed by atoms with Crippen molar-refractivity contribution < 1.29 is 9.47 Å². The van der Waals surface area contributed by atoms with Crippen molar-refractivity contribution in [1.29, 1.82) is 0 Å². The molecule has 0 N–H and O–H groups in total. The number of hydrogen-bond donors (Lipinski definition) is 0. The highest BCUT2D eigenvalue weighted by Crippen LogP contribution is 2.38. The van der Waals surface area contributed by atoms with Crippen LogP contribution in [0.15, 0.2) is 6.20 Å². The minimum absolute atomic E-state index is 0.287. The zero-order valence-corrected chi connectivity index (χ0v) is 12.6. The van der Waals surface area contributed by atoms with Crippen molar-refractivity contribution in [2.24, 2.45) is 0 Å². The third kappa shape index (κ3) is 2.52. The molecule has 1 aliphatic carbocycles. The monoisotopic (exact) mass is 277 g/mol. The largest absolute Gasteiger partial charge is 0.355 e. The molecule has 0 amide bonds. The molecule has 3 rings (SSSR count). The number of aryl methyl sites for hydroxylation is 2. The Labute approximate surface area is 120 Å². The van der Waals surface area contributed by atoms with Gasteiger partial charge in [0.1, 0.15) is 5.82 Å². The molecular weight excluding hydrogens is 254 g/mol. The van der Waals surface area contributed by atoms with Crippen LogP contribution in [0, 0.1) is 13.8 Å². The van der Waals surface area contributed by atoms with Gasteiger partial charge in [0, 0.05) is 32.1 Å². The van der Waals surface area contributed by atoms with Crippen LogP contribution >= 0.6 is 0 Å². The van der Waals surface area contributed by atoms with E-state index in [4.69, 9.17) is 9.47 Å². The summed E-state index contributed by atoms with van der Waals surface area (Å²) in [5.74, 6) is 0.712. The number of hydrogen-bond acceptors (Lipinski definition) is 5. The van der Waals surface area contributed by atoms with Gasteiger partial charge in [0.15, 0.2) is 5.79 Å². The average Bonchev–Trinajstić information content (AvgIpc) is 2.90. The molecule has 2 aliphatic rings. The van der Waals surface area contributed by atoms with E-state index in [9.17, 15) is 0 Å². The highest BCUT2D eigenvalue weighted by Gasteiger charge is 2.41. The van der Waals surface area contributed by atoms with Crippen LogP contribution < -0.4 is 4.90 Å². The number of ether oxygens (including phenoxy) is 2. The quantitative estimate of drug-likeness (QED) is 0.829. The highest BCUT2D eigenvalue weighted by molar-refractivity contribution is 5.43. The second kappa shape index (κ2) is 5.30. The smallest absolute Gasteiger partial charge is 0.168 e. The predicted molar refractivity (Wildman–Crippen MR) is 76.8 cm³/mol. The van der Waals surface area contributed by atoms with Gasteiger partial charge >= 0.3 is 0 Å². The zero-order chi connectivity index (χ0) is 14.2. The van der Waals surface area contributed by atoms with Gasteiger partial charge in [0.25, 0.3) is 0 Å². The SMILES string of the molecule is Cc1cnc(C)c(N(C)C2CCC3(CC2)OCCO3)n1. The van der Waals surface area contributed by atoms with Crippen molar-refractivity contribution in [1.82, 2.24) is 9.97 Å². The van der Waals surface area contributed by atoms with Crippen LogP contribution in [0.5, 0.6) is 0 Å². The summed E-state index contributed by atoms with van der Waals surface area (Å²) in [6.45, 7) is 5.48. The van der Waals surface area contributed by atoms with Gasteiger partial charge in [-0.25, -0.2) is 4.98 Å². The van der Waals surface area contributed by atoms with E-state index in [-0.39, 0.29) is 5.79 Å². The van der Waals surface area contributed by atoms with Crippen molar-refractivity contribution in [3.63, 3.8) is 0 Å². The van der Waals surface area contributed by atoms with Crippen LogP contribution in [-0.2, 0) is 9.47 Å². The molecule has 2 heterocycles. The summed E-state index contributed by atoms with van der Waals surface area (Å²) in [4.78, 5) is 11.3. The van der Waals surface area contributed by atoms with Crippen molar-refractivity contribution >= 4 is 5.82 Å². The van der Waals surface area contributed by atoms with Crippen molar-refractivity contribution in [3.05, 3.63) is 17.6 Å². The van der Waals surface area contributed by atoms with E-state index in [1.807, 2.05) is 20.0 Å². The summed E-state index contributed by atoms with van der Waals surface area (Å²) in [6.07, 6.45) is 5.92. The minimum atomic E-state index is -0.287. The Morgan fingerprint density at radius 3 is 2.50 bits per heavy atom. The Kier molecular flexibility index (Phi) is 3.65. The molecular formula is C15H23N3O2. The van der Waals surface area contributed by atoms with Crippen LogP contribution in [0.3, 0.4) is 0 Å². The predicted octanol–water partition coefficient (Wildman–Crippen LogP) is 2.22. The maximum absolute atomic E-state index is 5.79. The van der Waals surface area contributed by atoms with E-state index in [2.05, 4.69) is 21.9 Å². The lowest BCUT2D eigenvalue weighted by molar-refractivity contribution is -0.178. The van der Waals surface area contributed by atoms with Gasteiger partial charge in [-0.05, 0) is 26.7 Å². The van der Waals surface area contributed by atoms with Gasteiger partial charge in [-0.15, -0.1) is 0 Å². The number of nitrogens with zero attached hydrogens (tertiary/aromatic N) is 3. The zero-order valence-electron chi connectivity index (χ0n) is 12.6. The number of aromatic nitrogens is 2. The minimum Gasteiger partial charge on any atom is -0.355 e. The van der Waals surface area contributed by atoms with Crippen LogP contribution in [0.4, 0.5) is 5.82 Å². The lowest BCUT2D eigenvalue weighted by atomic mass is 9.89. The van der Waals surface area contributed by atoms with Gasteiger partial charge in [-0.2, -0.15) is 0 Å². The van der Waals surface area contributed by atoms with Crippen molar-refractivity contribution in [2.45, 2.75) is 51.4 Å². The normalized spacial score (nSPS) is 22.4. The Balaban J connectivity index is 1.69. The molecule has 20 heavy (non-hydrogen) atoms. The first kappa shape index (κ1) is 13.8. The van der Waals surface area contributed by atoms with Crippen molar-refractivity contribution in [3.8, 4) is 0 Å². The van der Waals surface area contributed by atoms with E-state index in [1.165, 1.54) is 0 Å². The molecule has 1 aromatic heterocycles. The van der Waals surface area contributed by atoms with E-state index >= 15 is 0 Å². The molecule has 0 atom stereocenters. The summed E-state index contributed by atoms with van der Waals surface area (Å²) in [7, 11) is 2.12. The fraction of sp³-hybridized carbons (Fsp3) is 0.733. The van der Waals surface area contributed by atoms with Crippen LogP contribution in [0.1, 0.15) is 37.1 Å². The summed E-state index contributed by atoms with van der Waals surface area (Å²) in [5.41, 5.74) is 1.96. The van der Waals surface area contributed by atoms with Gasteiger partial charge < -0.3 is 14.4 Å². The molecule has 1 aliphatic heterocycles. The van der Waals surface area contributed by atoms with Crippen LogP contribution in [-0.4, -0.2) is 42.1 Å². The molecule has 1 saturated carbocycles. The Bertz CT molecular complexity index is 476. The fourth-order valence-corrected chi connectivity index (χ4v) is 3.25. The van der Waals surface area contributed by atoms with Crippen LogP contribution in [0.25, 0.3) is 0 Å². The summed E-state index contributed by atoms with van der Waals surface area (Å²) < 4.78 is 11.6. The molecule has 0 radical (unpaired) electrons. The fourth-order valence-electron chi connectivity index (χ4n) is 3.25. The molecule has 1 saturated heterocycles. The van der Waals surface area contributed by atoms with E-state index in [0.717, 1.165) is 56.1 Å². The first-order chi connectivity index (χ1) is 9.60.